The van der Waals surface area contributed by atoms with E-state index in [1.54, 1.807) is 12.3 Å². The molecule has 0 atom stereocenters. The van der Waals surface area contributed by atoms with E-state index in [-0.39, 0.29) is 13.0 Å². The second-order valence-corrected chi connectivity index (χ2v) is 4.15. The van der Waals surface area contributed by atoms with E-state index in [4.69, 9.17) is 16.2 Å². The van der Waals surface area contributed by atoms with Gasteiger partial charge in [-0.25, -0.2) is 4.79 Å². The molecule has 1 amide bonds. The van der Waals surface area contributed by atoms with E-state index in [1.807, 2.05) is 4.57 Å². The molecular weight excluding hydrogens is 222 g/mol. The fraction of sp³-hybridized carbons (Fsp3) is 0.455. The molecule has 1 aliphatic carbocycles. The normalized spacial score (nSPS) is 14.6. The van der Waals surface area contributed by atoms with Crippen LogP contribution in [-0.2, 0) is 9.53 Å². The molecule has 1 saturated carbocycles. The number of nitrogen functional groups attached to an aromatic ring is 1. The summed E-state index contributed by atoms with van der Waals surface area (Å²) in [5, 5.41) is 0. The minimum Gasteiger partial charge on any atom is -0.460 e. The van der Waals surface area contributed by atoms with Gasteiger partial charge in [0.05, 0.1) is 12.1 Å². The van der Waals surface area contributed by atoms with Crippen LogP contribution in [0, 0.1) is 0 Å². The molecule has 0 spiro atoms. The van der Waals surface area contributed by atoms with Gasteiger partial charge in [0.1, 0.15) is 12.3 Å². The molecule has 1 aromatic heterocycles. The quantitative estimate of drug-likeness (QED) is 0.725. The number of hydrogen-bond acceptors (Lipinski definition) is 4. The van der Waals surface area contributed by atoms with E-state index in [9.17, 15) is 9.59 Å². The topological polar surface area (TPSA) is 100 Å². The van der Waals surface area contributed by atoms with Crippen molar-refractivity contribution in [3.63, 3.8) is 0 Å². The lowest BCUT2D eigenvalue weighted by Gasteiger charge is -2.07. The Bertz CT molecular complexity index is 449. The Kier molecular flexibility index (Phi) is 3.03. The number of rotatable bonds is 5. The number of nitrogens with two attached hydrogens (primary N) is 2. The van der Waals surface area contributed by atoms with Gasteiger partial charge in [-0.2, -0.15) is 0 Å². The highest BCUT2D eigenvalue weighted by molar-refractivity contribution is 5.89. The fourth-order valence-electron chi connectivity index (χ4n) is 1.64. The number of primary amides is 1. The van der Waals surface area contributed by atoms with Gasteiger partial charge < -0.3 is 20.8 Å². The second-order valence-electron chi connectivity index (χ2n) is 4.15. The van der Waals surface area contributed by atoms with E-state index in [0.717, 1.165) is 12.8 Å². The van der Waals surface area contributed by atoms with Gasteiger partial charge in [0, 0.05) is 12.2 Å². The second kappa shape index (κ2) is 4.48. The molecule has 6 heteroatoms. The van der Waals surface area contributed by atoms with E-state index in [2.05, 4.69) is 0 Å². The van der Waals surface area contributed by atoms with Crippen LogP contribution in [0.2, 0.25) is 0 Å². The standard InChI is InChI=1S/C11H15N3O3/c12-7-5-9(14(6-7)8-1-2-8)11(16)17-4-3-10(13)15/h5-6,8H,1-4,12H2,(H2,13,15). The molecule has 0 aromatic carbocycles. The first kappa shape index (κ1) is 11.5. The van der Waals surface area contributed by atoms with Crippen LogP contribution in [0.25, 0.3) is 0 Å². The number of anilines is 1. The minimum absolute atomic E-state index is 0.00389. The van der Waals surface area contributed by atoms with Crippen LogP contribution in [-0.4, -0.2) is 23.1 Å². The van der Waals surface area contributed by atoms with Crippen LogP contribution in [0.4, 0.5) is 5.69 Å². The fourth-order valence-corrected chi connectivity index (χ4v) is 1.64. The molecule has 4 N–H and O–H groups in total. The maximum Gasteiger partial charge on any atom is 0.355 e. The van der Waals surface area contributed by atoms with Crippen LogP contribution in [0.5, 0.6) is 0 Å². The van der Waals surface area contributed by atoms with Crippen molar-refractivity contribution in [2.24, 2.45) is 5.73 Å². The maximum absolute atomic E-state index is 11.7. The molecule has 1 fully saturated rings. The Hall–Kier alpha value is -1.98. The first-order valence-electron chi connectivity index (χ1n) is 5.50. The summed E-state index contributed by atoms with van der Waals surface area (Å²) < 4.78 is 6.79. The highest BCUT2D eigenvalue weighted by Gasteiger charge is 2.28. The van der Waals surface area contributed by atoms with Gasteiger partial charge in [0.25, 0.3) is 0 Å². The van der Waals surface area contributed by atoms with Crippen molar-refractivity contribution in [1.82, 2.24) is 4.57 Å². The summed E-state index contributed by atoms with van der Waals surface area (Å²) in [7, 11) is 0. The molecule has 1 heterocycles. The molecule has 6 nitrogen and oxygen atoms in total. The zero-order chi connectivity index (χ0) is 12.4. The SMILES string of the molecule is NC(=O)CCOC(=O)c1cc(N)cn1C1CC1. The van der Waals surface area contributed by atoms with Crippen LogP contribution in [0.1, 0.15) is 35.8 Å². The number of aromatic nitrogens is 1. The van der Waals surface area contributed by atoms with E-state index in [1.165, 1.54) is 0 Å². The number of hydrogen-bond donors (Lipinski definition) is 2. The third kappa shape index (κ3) is 2.77. The Balaban J connectivity index is 2.00. The molecule has 17 heavy (non-hydrogen) atoms. The van der Waals surface area contributed by atoms with Crippen molar-refractivity contribution in [2.45, 2.75) is 25.3 Å². The monoisotopic (exact) mass is 237 g/mol. The van der Waals surface area contributed by atoms with Crippen LogP contribution in [0.15, 0.2) is 12.3 Å². The Morgan fingerprint density at radius 3 is 2.76 bits per heavy atom. The summed E-state index contributed by atoms with van der Waals surface area (Å²) in [4.78, 5) is 22.3. The molecule has 0 unspecified atom stereocenters. The van der Waals surface area contributed by atoms with Crippen LogP contribution in [0.3, 0.4) is 0 Å². The molecule has 0 bridgehead atoms. The largest absolute Gasteiger partial charge is 0.460 e. The van der Waals surface area contributed by atoms with Gasteiger partial charge in [0.15, 0.2) is 0 Å². The summed E-state index contributed by atoms with van der Waals surface area (Å²) in [5.41, 5.74) is 11.6. The maximum atomic E-state index is 11.7. The number of ether oxygens (including phenoxy) is 1. The zero-order valence-electron chi connectivity index (χ0n) is 9.39. The third-order valence-corrected chi connectivity index (χ3v) is 2.60. The lowest BCUT2D eigenvalue weighted by atomic mass is 10.4. The zero-order valence-corrected chi connectivity index (χ0v) is 9.39. The Labute approximate surface area is 98.5 Å². The predicted octanol–water partition coefficient (Wildman–Crippen LogP) is 0.437. The highest BCUT2D eigenvalue weighted by atomic mass is 16.5. The van der Waals surface area contributed by atoms with Gasteiger partial charge in [-0.05, 0) is 18.9 Å². The van der Waals surface area contributed by atoms with Gasteiger partial charge in [-0.3, -0.25) is 4.79 Å². The molecule has 1 aromatic rings. The van der Waals surface area contributed by atoms with Gasteiger partial charge in [-0.15, -0.1) is 0 Å². The summed E-state index contributed by atoms with van der Waals surface area (Å²) in [6.45, 7) is 0.00389. The van der Waals surface area contributed by atoms with Gasteiger partial charge in [-0.1, -0.05) is 0 Å². The molecule has 2 rings (SSSR count). The molecule has 92 valence electrons. The van der Waals surface area contributed by atoms with Crippen molar-refractivity contribution in [2.75, 3.05) is 12.3 Å². The van der Waals surface area contributed by atoms with E-state index < -0.39 is 11.9 Å². The highest BCUT2D eigenvalue weighted by Crippen LogP contribution is 2.37. The van der Waals surface area contributed by atoms with Crippen molar-refractivity contribution >= 4 is 17.6 Å². The molecular formula is C11H15N3O3. The molecule has 0 aliphatic heterocycles. The van der Waals surface area contributed by atoms with E-state index in [0.29, 0.717) is 17.4 Å². The average Bonchev–Trinajstić information content (AvgIpc) is 3.01. The van der Waals surface area contributed by atoms with Crippen molar-refractivity contribution < 1.29 is 14.3 Å². The van der Waals surface area contributed by atoms with Gasteiger partial charge >= 0.3 is 5.97 Å². The number of amides is 1. The lowest BCUT2D eigenvalue weighted by molar-refractivity contribution is -0.118. The third-order valence-electron chi connectivity index (χ3n) is 2.60. The molecule has 1 aliphatic rings. The van der Waals surface area contributed by atoms with Crippen molar-refractivity contribution in [3.8, 4) is 0 Å². The minimum atomic E-state index is -0.491. The first-order chi connectivity index (χ1) is 8.08. The van der Waals surface area contributed by atoms with Crippen molar-refractivity contribution in [1.29, 1.82) is 0 Å². The van der Waals surface area contributed by atoms with Gasteiger partial charge in [0.2, 0.25) is 5.91 Å². The Morgan fingerprint density at radius 1 is 1.47 bits per heavy atom. The van der Waals surface area contributed by atoms with Crippen LogP contribution >= 0.6 is 0 Å². The predicted molar refractivity (Wildman–Crippen MR) is 61.2 cm³/mol. The summed E-state index contributed by atoms with van der Waals surface area (Å²) in [6, 6.07) is 1.94. The molecule has 0 radical (unpaired) electrons. The number of carbonyl (C=O) groups is 2. The number of carbonyl (C=O) groups excluding carboxylic acids is 2. The number of esters is 1. The lowest BCUT2D eigenvalue weighted by Crippen LogP contribution is -2.17. The molecule has 0 saturated heterocycles. The van der Waals surface area contributed by atoms with E-state index >= 15 is 0 Å². The Morgan fingerprint density at radius 2 is 2.18 bits per heavy atom. The first-order valence-corrected chi connectivity index (χ1v) is 5.50. The number of nitrogens with zero attached hydrogens (tertiary/aromatic N) is 1. The van der Waals surface area contributed by atoms with Crippen LogP contribution < -0.4 is 11.5 Å². The summed E-state index contributed by atoms with van der Waals surface area (Å²) in [6.07, 6.45) is 3.87. The summed E-state index contributed by atoms with van der Waals surface area (Å²) >= 11 is 0. The average molecular weight is 237 g/mol. The summed E-state index contributed by atoms with van der Waals surface area (Å²) in [5.74, 6) is -0.954. The smallest absolute Gasteiger partial charge is 0.355 e. The van der Waals surface area contributed by atoms with Crippen molar-refractivity contribution in [3.05, 3.63) is 18.0 Å².